The first kappa shape index (κ1) is 16.3. The van der Waals surface area contributed by atoms with Crippen molar-refractivity contribution >= 4 is 15.9 Å². The third-order valence-electron chi connectivity index (χ3n) is 4.34. The molecule has 0 aromatic heterocycles. The first-order valence-electron chi connectivity index (χ1n) is 7.52. The Bertz CT molecular complexity index is 620. The second-order valence-corrected chi connectivity index (χ2v) is 6.54. The fraction of sp³-hybridized carbons (Fsp3) is 0.368. The van der Waals surface area contributed by atoms with Crippen LogP contribution < -0.4 is 5.32 Å². The summed E-state index contributed by atoms with van der Waals surface area (Å²) in [5, 5.41) is 3.66. The second kappa shape index (κ2) is 6.76. The van der Waals surface area contributed by atoms with E-state index in [1.807, 2.05) is 0 Å². The summed E-state index contributed by atoms with van der Waals surface area (Å²) in [6, 6.07) is 11.0. The van der Waals surface area contributed by atoms with Crippen LogP contribution in [0.5, 0.6) is 0 Å². The average Bonchev–Trinajstić information content (AvgIpc) is 2.45. The average molecular weight is 346 g/mol. The molecule has 21 heavy (non-hydrogen) atoms. The zero-order valence-corrected chi connectivity index (χ0v) is 15.1. The highest BCUT2D eigenvalue weighted by Crippen LogP contribution is 2.34. The summed E-state index contributed by atoms with van der Waals surface area (Å²) < 4.78 is 1.16. The first-order valence-corrected chi connectivity index (χ1v) is 8.31. The van der Waals surface area contributed by atoms with Crippen molar-refractivity contribution in [3.8, 4) is 0 Å². The lowest BCUT2D eigenvalue weighted by Crippen LogP contribution is -2.24. The molecule has 1 unspecified atom stereocenters. The van der Waals surface area contributed by atoms with Gasteiger partial charge in [-0.25, -0.2) is 0 Å². The molecule has 0 spiro atoms. The molecule has 2 aromatic carbocycles. The van der Waals surface area contributed by atoms with Crippen LogP contribution in [0.3, 0.4) is 0 Å². The van der Waals surface area contributed by atoms with E-state index in [1.54, 1.807) is 0 Å². The topological polar surface area (TPSA) is 12.0 Å². The molecule has 0 saturated carbocycles. The van der Waals surface area contributed by atoms with Gasteiger partial charge in [0.25, 0.3) is 0 Å². The van der Waals surface area contributed by atoms with Gasteiger partial charge in [-0.1, -0.05) is 47.1 Å². The van der Waals surface area contributed by atoms with Crippen molar-refractivity contribution in [3.63, 3.8) is 0 Å². The highest BCUT2D eigenvalue weighted by atomic mass is 79.9. The lowest BCUT2D eigenvalue weighted by molar-refractivity contribution is 0.621. The number of hydrogen-bond acceptors (Lipinski definition) is 1. The summed E-state index contributed by atoms with van der Waals surface area (Å²) in [5.74, 6) is 0. The van der Waals surface area contributed by atoms with Gasteiger partial charge < -0.3 is 5.32 Å². The smallest absolute Gasteiger partial charge is 0.0593 e. The van der Waals surface area contributed by atoms with Gasteiger partial charge in [0.1, 0.15) is 0 Å². The van der Waals surface area contributed by atoms with E-state index in [0.29, 0.717) is 0 Å². The van der Waals surface area contributed by atoms with Crippen LogP contribution >= 0.6 is 15.9 Å². The highest BCUT2D eigenvalue weighted by Gasteiger charge is 2.21. The molecule has 0 saturated heterocycles. The Hall–Kier alpha value is -1.12. The van der Waals surface area contributed by atoms with Crippen LogP contribution in [0, 0.1) is 27.7 Å². The molecule has 0 amide bonds. The summed E-state index contributed by atoms with van der Waals surface area (Å²) in [6.07, 6.45) is 0. The normalized spacial score (nSPS) is 12.5. The summed E-state index contributed by atoms with van der Waals surface area (Å²) in [7, 11) is 0. The van der Waals surface area contributed by atoms with Crippen LogP contribution in [0.4, 0.5) is 0 Å². The summed E-state index contributed by atoms with van der Waals surface area (Å²) in [5.41, 5.74) is 8.22. The van der Waals surface area contributed by atoms with E-state index in [1.165, 1.54) is 33.4 Å². The Labute approximate surface area is 136 Å². The minimum absolute atomic E-state index is 0.226. The monoisotopic (exact) mass is 345 g/mol. The van der Waals surface area contributed by atoms with Gasteiger partial charge in [0.05, 0.1) is 6.04 Å². The van der Waals surface area contributed by atoms with Crippen LogP contribution in [0.25, 0.3) is 0 Å². The summed E-state index contributed by atoms with van der Waals surface area (Å²) in [6.45, 7) is 12.0. The zero-order valence-electron chi connectivity index (χ0n) is 13.5. The molecule has 0 fully saturated rings. The Balaban J connectivity index is 2.67. The lowest BCUT2D eigenvalue weighted by Gasteiger charge is -2.26. The van der Waals surface area contributed by atoms with Crippen LogP contribution in [0.1, 0.15) is 46.3 Å². The molecule has 2 rings (SSSR count). The van der Waals surface area contributed by atoms with E-state index < -0.39 is 0 Å². The third-order valence-corrected chi connectivity index (χ3v) is 5.06. The second-order valence-electron chi connectivity index (χ2n) is 5.69. The van der Waals surface area contributed by atoms with Gasteiger partial charge in [-0.15, -0.1) is 0 Å². The first-order chi connectivity index (χ1) is 9.97. The molecule has 0 aliphatic carbocycles. The minimum atomic E-state index is 0.226. The van der Waals surface area contributed by atoms with Crippen LogP contribution in [0.2, 0.25) is 0 Å². The maximum Gasteiger partial charge on any atom is 0.0593 e. The van der Waals surface area contributed by atoms with E-state index in [0.717, 1.165) is 11.0 Å². The molecule has 112 valence electrons. The number of rotatable bonds is 4. The number of hydrogen-bond donors (Lipinski definition) is 1. The minimum Gasteiger partial charge on any atom is -0.306 e. The lowest BCUT2D eigenvalue weighted by atomic mass is 9.86. The molecule has 0 bridgehead atoms. The molecular weight excluding hydrogens is 322 g/mol. The third kappa shape index (κ3) is 3.22. The molecule has 2 heteroatoms. The van der Waals surface area contributed by atoms with Gasteiger partial charge in [0.15, 0.2) is 0 Å². The number of aryl methyl sites for hydroxylation is 2. The van der Waals surface area contributed by atoms with Crippen molar-refractivity contribution in [3.05, 3.63) is 68.2 Å². The fourth-order valence-corrected chi connectivity index (χ4v) is 3.47. The fourth-order valence-electron chi connectivity index (χ4n) is 2.96. The molecule has 1 N–H and O–H groups in total. The molecular formula is C19H24BrN. The molecule has 2 aromatic rings. The Morgan fingerprint density at radius 3 is 2.10 bits per heavy atom. The zero-order chi connectivity index (χ0) is 15.6. The Morgan fingerprint density at radius 1 is 1.00 bits per heavy atom. The molecule has 0 heterocycles. The highest BCUT2D eigenvalue weighted by molar-refractivity contribution is 9.10. The standard InChI is InChI=1S/C19H24BrN/c1-6-21-19(16-9-7-8-10-17(16)20)18-14(4)12(2)11-13(3)15(18)5/h7-11,19,21H,6H2,1-5H3. The van der Waals surface area contributed by atoms with E-state index in [4.69, 9.17) is 0 Å². The quantitative estimate of drug-likeness (QED) is 0.783. The van der Waals surface area contributed by atoms with Crippen molar-refractivity contribution in [2.75, 3.05) is 6.54 Å². The van der Waals surface area contributed by atoms with E-state index in [9.17, 15) is 0 Å². The summed E-state index contributed by atoms with van der Waals surface area (Å²) in [4.78, 5) is 0. The van der Waals surface area contributed by atoms with Crippen molar-refractivity contribution in [2.45, 2.75) is 40.7 Å². The predicted octanol–water partition coefficient (Wildman–Crippen LogP) is 5.38. The number of halogens is 1. The van der Waals surface area contributed by atoms with Gasteiger partial charge in [0.2, 0.25) is 0 Å². The number of nitrogens with one attached hydrogen (secondary N) is 1. The van der Waals surface area contributed by atoms with Crippen LogP contribution in [-0.4, -0.2) is 6.54 Å². The van der Waals surface area contributed by atoms with Crippen molar-refractivity contribution < 1.29 is 0 Å². The van der Waals surface area contributed by atoms with Gasteiger partial charge in [-0.2, -0.15) is 0 Å². The summed E-state index contributed by atoms with van der Waals surface area (Å²) >= 11 is 3.71. The van der Waals surface area contributed by atoms with Crippen LogP contribution in [0.15, 0.2) is 34.8 Å². The van der Waals surface area contributed by atoms with Crippen molar-refractivity contribution in [1.82, 2.24) is 5.32 Å². The van der Waals surface area contributed by atoms with E-state index in [2.05, 4.69) is 86.2 Å². The maximum atomic E-state index is 3.71. The molecule has 0 radical (unpaired) electrons. The van der Waals surface area contributed by atoms with E-state index >= 15 is 0 Å². The van der Waals surface area contributed by atoms with Crippen LogP contribution in [-0.2, 0) is 0 Å². The molecule has 0 aliphatic rings. The van der Waals surface area contributed by atoms with Crippen molar-refractivity contribution in [1.29, 1.82) is 0 Å². The van der Waals surface area contributed by atoms with E-state index in [-0.39, 0.29) is 6.04 Å². The molecule has 1 atom stereocenters. The van der Waals surface area contributed by atoms with Gasteiger partial charge >= 0.3 is 0 Å². The molecule has 1 nitrogen and oxygen atoms in total. The SMILES string of the molecule is CCNC(c1ccccc1Br)c1c(C)c(C)cc(C)c1C. The molecule has 0 aliphatic heterocycles. The Morgan fingerprint density at radius 2 is 1.57 bits per heavy atom. The van der Waals surface area contributed by atoms with Gasteiger partial charge in [0, 0.05) is 4.47 Å². The predicted molar refractivity (Wildman–Crippen MR) is 95.1 cm³/mol. The Kier molecular flexibility index (Phi) is 5.23. The van der Waals surface area contributed by atoms with Gasteiger partial charge in [-0.05, 0) is 73.7 Å². The largest absolute Gasteiger partial charge is 0.306 e. The maximum absolute atomic E-state index is 3.71. The number of benzene rings is 2. The van der Waals surface area contributed by atoms with Crippen molar-refractivity contribution in [2.24, 2.45) is 0 Å². The van der Waals surface area contributed by atoms with Gasteiger partial charge in [-0.3, -0.25) is 0 Å².